The van der Waals surface area contributed by atoms with E-state index in [4.69, 9.17) is 5.11 Å². The third kappa shape index (κ3) is 0.744. The Morgan fingerprint density at radius 3 is 2.73 bits per heavy atom. The molecule has 0 spiro atoms. The van der Waals surface area contributed by atoms with Crippen molar-refractivity contribution in [3.05, 3.63) is 11.6 Å². The minimum atomic E-state index is -1.51. The summed E-state index contributed by atoms with van der Waals surface area (Å²) in [7, 11) is 0. The average molecular weight is 154 g/mol. The highest BCUT2D eigenvalue weighted by Gasteiger charge is 2.50. The highest BCUT2D eigenvalue weighted by atomic mass is 16.4. The first-order valence-electron chi connectivity index (χ1n) is 3.78. The molecule has 0 amide bonds. The Morgan fingerprint density at radius 2 is 2.45 bits per heavy atom. The standard InChI is InChI=1S/C8H10O3/c9-7(10)8(11)4-5-1-2-6(8)3-5/h2,5,11H,1,3-4H2,(H,9,10). The highest BCUT2D eigenvalue weighted by molar-refractivity contribution is 5.82. The molecule has 11 heavy (non-hydrogen) atoms. The summed E-state index contributed by atoms with van der Waals surface area (Å²) < 4.78 is 0. The van der Waals surface area contributed by atoms with E-state index in [-0.39, 0.29) is 0 Å². The summed E-state index contributed by atoms with van der Waals surface area (Å²) in [6.45, 7) is 0. The van der Waals surface area contributed by atoms with Gasteiger partial charge in [-0.15, -0.1) is 0 Å². The van der Waals surface area contributed by atoms with Crippen LogP contribution in [0.4, 0.5) is 0 Å². The molecule has 2 aliphatic carbocycles. The number of allylic oxidation sites excluding steroid dienone is 1. The number of carbonyl (C=O) groups is 1. The molecule has 2 bridgehead atoms. The first kappa shape index (κ1) is 6.85. The van der Waals surface area contributed by atoms with Crippen molar-refractivity contribution in [2.75, 3.05) is 0 Å². The monoisotopic (exact) mass is 154 g/mol. The zero-order valence-electron chi connectivity index (χ0n) is 6.08. The Balaban J connectivity index is 2.36. The van der Waals surface area contributed by atoms with Crippen LogP contribution in [0.3, 0.4) is 0 Å². The topological polar surface area (TPSA) is 57.5 Å². The fourth-order valence-corrected chi connectivity index (χ4v) is 2.05. The van der Waals surface area contributed by atoms with E-state index in [0.717, 1.165) is 18.4 Å². The van der Waals surface area contributed by atoms with E-state index in [9.17, 15) is 9.90 Å². The minimum Gasteiger partial charge on any atom is -0.479 e. The molecule has 2 rings (SSSR count). The fourth-order valence-electron chi connectivity index (χ4n) is 2.05. The second kappa shape index (κ2) is 1.85. The molecule has 3 heteroatoms. The summed E-state index contributed by atoms with van der Waals surface area (Å²) in [4.78, 5) is 10.6. The van der Waals surface area contributed by atoms with Crippen molar-refractivity contribution < 1.29 is 15.0 Å². The molecule has 2 aliphatic rings. The Morgan fingerprint density at radius 1 is 1.73 bits per heavy atom. The van der Waals surface area contributed by atoms with E-state index in [0.29, 0.717) is 12.3 Å². The maximum Gasteiger partial charge on any atom is 0.340 e. The van der Waals surface area contributed by atoms with Gasteiger partial charge in [0.05, 0.1) is 0 Å². The summed E-state index contributed by atoms with van der Waals surface area (Å²) in [5.41, 5.74) is -0.793. The molecule has 2 atom stereocenters. The first-order valence-corrected chi connectivity index (χ1v) is 3.78. The van der Waals surface area contributed by atoms with Gasteiger partial charge < -0.3 is 10.2 Å². The minimum absolute atomic E-state index is 0.381. The van der Waals surface area contributed by atoms with Crippen molar-refractivity contribution in [1.29, 1.82) is 0 Å². The van der Waals surface area contributed by atoms with Crippen molar-refractivity contribution in [1.82, 2.24) is 0 Å². The van der Waals surface area contributed by atoms with Crippen molar-refractivity contribution >= 4 is 5.97 Å². The van der Waals surface area contributed by atoms with Gasteiger partial charge >= 0.3 is 5.97 Å². The van der Waals surface area contributed by atoms with Crippen LogP contribution in [0.1, 0.15) is 19.3 Å². The lowest BCUT2D eigenvalue weighted by atomic mass is 9.91. The van der Waals surface area contributed by atoms with Gasteiger partial charge in [-0.1, -0.05) is 6.08 Å². The number of aliphatic carboxylic acids is 1. The van der Waals surface area contributed by atoms with E-state index in [1.807, 2.05) is 6.08 Å². The number of rotatable bonds is 1. The van der Waals surface area contributed by atoms with Gasteiger partial charge in [-0.3, -0.25) is 0 Å². The number of fused-ring (bicyclic) bond motifs is 2. The van der Waals surface area contributed by atoms with E-state index in [1.165, 1.54) is 0 Å². The van der Waals surface area contributed by atoms with E-state index in [1.54, 1.807) is 0 Å². The number of hydrogen-bond donors (Lipinski definition) is 2. The fraction of sp³-hybridized carbons (Fsp3) is 0.625. The molecule has 0 heterocycles. The van der Waals surface area contributed by atoms with Crippen LogP contribution in [-0.2, 0) is 4.79 Å². The number of hydrogen-bond acceptors (Lipinski definition) is 2. The Kier molecular flexibility index (Phi) is 1.16. The van der Waals surface area contributed by atoms with E-state index >= 15 is 0 Å². The molecular formula is C8H10O3. The molecule has 60 valence electrons. The molecule has 0 aliphatic heterocycles. The van der Waals surface area contributed by atoms with Crippen molar-refractivity contribution in [3.63, 3.8) is 0 Å². The largest absolute Gasteiger partial charge is 0.479 e. The van der Waals surface area contributed by atoms with E-state index < -0.39 is 11.6 Å². The van der Waals surface area contributed by atoms with Crippen LogP contribution in [0.2, 0.25) is 0 Å². The first-order chi connectivity index (χ1) is 5.13. The molecule has 0 aromatic rings. The van der Waals surface area contributed by atoms with Crippen LogP contribution in [0, 0.1) is 5.92 Å². The van der Waals surface area contributed by atoms with Crippen molar-refractivity contribution in [2.45, 2.75) is 24.9 Å². The molecule has 0 saturated heterocycles. The Hall–Kier alpha value is -0.830. The molecule has 2 unspecified atom stereocenters. The Bertz CT molecular complexity index is 244. The normalized spacial score (nSPS) is 40.8. The smallest absolute Gasteiger partial charge is 0.340 e. The average Bonchev–Trinajstić information content (AvgIpc) is 2.45. The predicted molar refractivity (Wildman–Crippen MR) is 38.0 cm³/mol. The van der Waals surface area contributed by atoms with Crippen LogP contribution in [0.15, 0.2) is 11.6 Å². The summed E-state index contributed by atoms with van der Waals surface area (Å²) in [6.07, 6.45) is 4.00. The molecule has 2 N–H and O–H groups in total. The second-order valence-corrected chi connectivity index (χ2v) is 3.40. The lowest BCUT2D eigenvalue weighted by molar-refractivity contribution is -0.154. The van der Waals surface area contributed by atoms with Gasteiger partial charge in [0.15, 0.2) is 5.60 Å². The van der Waals surface area contributed by atoms with Crippen LogP contribution in [0.5, 0.6) is 0 Å². The van der Waals surface area contributed by atoms with Gasteiger partial charge in [0.2, 0.25) is 0 Å². The maximum atomic E-state index is 10.6. The Labute approximate surface area is 64.3 Å². The molecule has 0 aromatic carbocycles. The zero-order chi connectivity index (χ0) is 8.06. The quantitative estimate of drug-likeness (QED) is 0.542. The number of carboxylic acids is 1. The van der Waals surface area contributed by atoms with Gasteiger partial charge in [-0.05, 0) is 30.8 Å². The van der Waals surface area contributed by atoms with E-state index in [2.05, 4.69) is 0 Å². The van der Waals surface area contributed by atoms with Gasteiger partial charge in [-0.25, -0.2) is 4.79 Å². The van der Waals surface area contributed by atoms with Crippen LogP contribution >= 0.6 is 0 Å². The molecular weight excluding hydrogens is 144 g/mol. The molecule has 1 fully saturated rings. The number of carboxylic acid groups (broad SMARTS) is 1. The van der Waals surface area contributed by atoms with Crippen LogP contribution in [-0.4, -0.2) is 21.8 Å². The third-order valence-corrected chi connectivity index (χ3v) is 2.68. The van der Waals surface area contributed by atoms with Crippen molar-refractivity contribution in [2.24, 2.45) is 5.92 Å². The molecule has 1 saturated carbocycles. The van der Waals surface area contributed by atoms with Gasteiger partial charge in [0, 0.05) is 0 Å². The second-order valence-electron chi connectivity index (χ2n) is 3.40. The highest BCUT2D eigenvalue weighted by Crippen LogP contribution is 2.46. The zero-order valence-corrected chi connectivity index (χ0v) is 6.08. The predicted octanol–water partition coefficient (Wildman–Crippen LogP) is 0.542. The van der Waals surface area contributed by atoms with Crippen LogP contribution in [0.25, 0.3) is 0 Å². The van der Waals surface area contributed by atoms with Gasteiger partial charge in [-0.2, -0.15) is 0 Å². The lowest BCUT2D eigenvalue weighted by Crippen LogP contribution is -2.38. The van der Waals surface area contributed by atoms with Gasteiger partial charge in [0.25, 0.3) is 0 Å². The molecule has 3 nitrogen and oxygen atoms in total. The molecule has 0 aromatic heterocycles. The maximum absolute atomic E-state index is 10.6. The SMILES string of the molecule is O=C(O)C1(O)CC2CC=C1C2. The third-order valence-electron chi connectivity index (χ3n) is 2.68. The van der Waals surface area contributed by atoms with Crippen LogP contribution < -0.4 is 0 Å². The van der Waals surface area contributed by atoms with Crippen molar-refractivity contribution in [3.8, 4) is 0 Å². The summed E-state index contributed by atoms with van der Waals surface area (Å²) >= 11 is 0. The summed E-state index contributed by atoms with van der Waals surface area (Å²) in [6, 6.07) is 0. The molecule has 0 radical (unpaired) electrons. The van der Waals surface area contributed by atoms with Gasteiger partial charge in [0.1, 0.15) is 0 Å². The summed E-state index contributed by atoms with van der Waals surface area (Å²) in [5, 5.41) is 18.3. The number of aliphatic hydroxyl groups is 1. The summed E-state index contributed by atoms with van der Waals surface area (Å²) in [5.74, 6) is -0.711. The lowest BCUT2D eigenvalue weighted by Gasteiger charge is -2.21.